The fourth-order valence-corrected chi connectivity index (χ4v) is 3.77. The van der Waals surface area contributed by atoms with Gasteiger partial charge in [0.05, 0.1) is 0 Å². The van der Waals surface area contributed by atoms with E-state index in [1.165, 1.54) is 6.07 Å². The molecule has 2 aliphatic rings. The van der Waals surface area contributed by atoms with Crippen molar-refractivity contribution < 1.29 is 23.1 Å². The maximum absolute atomic E-state index is 12.8. The van der Waals surface area contributed by atoms with Crippen molar-refractivity contribution in [2.45, 2.75) is 19.0 Å². The quantitative estimate of drug-likeness (QED) is 0.895. The van der Waals surface area contributed by atoms with Gasteiger partial charge in [0.1, 0.15) is 11.5 Å². The zero-order valence-electron chi connectivity index (χ0n) is 12.4. The van der Waals surface area contributed by atoms with Crippen molar-refractivity contribution >= 4 is 11.9 Å². The molecule has 0 spiro atoms. The van der Waals surface area contributed by atoms with Crippen LogP contribution in [0.15, 0.2) is 18.2 Å². The molecule has 1 aromatic heterocycles. The molecule has 1 aromatic rings. The van der Waals surface area contributed by atoms with Crippen LogP contribution in [0.3, 0.4) is 0 Å². The lowest BCUT2D eigenvalue weighted by atomic mass is 10.0. The van der Waals surface area contributed by atoms with Gasteiger partial charge in [-0.05, 0) is 42.7 Å². The molecule has 1 amide bonds. The zero-order valence-corrected chi connectivity index (χ0v) is 12.4. The van der Waals surface area contributed by atoms with E-state index in [1.807, 2.05) is 4.90 Å². The Labute approximate surface area is 131 Å². The van der Waals surface area contributed by atoms with E-state index < -0.39 is 18.0 Å². The summed E-state index contributed by atoms with van der Waals surface area (Å²) in [7, 11) is 0. The molecule has 1 aliphatic heterocycles. The Kier molecular flexibility index (Phi) is 4.08. The Balaban J connectivity index is 1.61. The first-order chi connectivity index (χ1) is 10.8. The molecule has 8 heteroatoms. The number of nitrogens with zero attached hydrogens (tertiary/aromatic N) is 2. The summed E-state index contributed by atoms with van der Waals surface area (Å²) in [4.78, 5) is 16.2. The monoisotopic (exact) mass is 329 g/mol. The van der Waals surface area contributed by atoms with Crippen molar-refractivity contribution in [2.24, 2.45) is 17.8 Å². The highest BCUT2D eigenvalue weighted by Crippen LogP contribution is 2.42. The van der Waals surface area contributed by atoms with Gasteiger partial charge in [-0.3, -0.25) is 0 Å². The number of amides is 1. The highest BCUT2D eigenvalue weighted by Gasteiger charge is 2.41. The van der Waals surface area contributed by atoms with Crippen LogP contribution >= 0.6 is 0 Å². The highest BCUT2D eigenvalue weighted by molar-refractivity contribution is 5.64. The minimum atomic E-state index is -4.43. The van der Waals surface area contributed by atoms with Gasteiger partial charge < -0.3 is 15.3 Å². The second kappa shape index (κ2) is 5.90. The highest BCUT2D eigenvalue weighted by atomic mass is 19.4. The Morgan fingerprint density at radius 3 is 2.52 bits per heavy atom. The molecule has 1 saturated carbocycles. The second-order valence-corrected chi connectivity index (χ2v) is 6.33. The number of anilines is 1. The summed E-state index contributed by atoms with van der Waals surface area (Å²) in [6.45, 7) is 1.81. The van der Waals surface area contributed by atoms with E-state index in [4.69, 9.17) is 5.11 Å². The van der Waals surface area contributed by atoms with Gasteiger partial charge in [0.15, 0.2) is 0 Å². The Hall–Kier alpha value is -1.99. The first-order valence-corrected chi connectivity index (χ1v) is 7.59. The molecule has 0 bridgehead atoms. The lowest BCUT2D eigenvalue weighted by Crippen LogP contribution is -2.28. The van der Waals surface area contributed by atoms with Crippen LogP contribution in [0.2, 0.25) is 0 Å². The molecule has 5 nitrogen and oxygen atoms in total. The number of hydrogen-bond donors (Lipinski definition) is 2. The van der Waals surface area contributed by atoms with E-state index in [2.05, 4.69) is 10.3 Å². The summed E-state index contributed by atoms with van der Waals surface area (Å²) >= 11 is 0. The number of nitrogens with one attached hydrogen (secondary N) is 1. The Morgan fingerprint density at radius 2 is 1.96 bits per heavy atom. The number of hydrogen-bond acceptors (Lipinski definition) is 3. The number of carboxylic acid groups (broad SMARTS) is 1. The lowest BCUT2D eigenvalue weighted by molar-refractivity contribution is -0.141. The third-order valence-corrected chi connectivity index (χ3v) is 4.74. The summed E-state index contributed by atoms with van der Waals surface area (Å²) in [5, 5.41) is 11.0. The first-order valence-electron chi connectivity index (χ1n) is 7.59. The van der Waals surface area contributed by atoms with Gasteiger partial charge in [-0.15, -0.1) is 0 Å². The van der Waals surface area contributed by atoms with Gasteiger partial charge in [0.2, 0.25) is 0 Å². The summed E-state index contributed by atoms with van der Waals surface area (Å²) in [5.41, 5.74) is -0.865. The average molecular weight is 329 g/mol. The summed E-state index contributed by atoms with van der Waals surface area (Å²) in [6, 6.07) is 3.98. The van der Waals surface area contributed by atoms with Gasteiger partial charge in [0, 0.05) is 19.6 Å². The van der Waals surface area contributed by atoms with E-state index in [1.54, 1.807) is 6.07 Å². The van der Waals surface area contributed by atoms with Crippen LogP contribution in [-0.2, 0) is 6.18 Å². The van der Waals surface area contributed by atoms with Crippen LogP contribution < -0.4 is 10.2 Å². The normalized spacial score (nSPS) is 27.1. The van der Waals surface area contributed by atoms with Crippen LogP contribution in [0.1, 0.15) is 18.5 Å². The first kappa shape index (κ1) is 15.9. The molecule has 126 valence electrons. The fraction of sp³-hybridized carbons (Fsp3) is 0.600. The predicted octanol–water partition coefficient (Wildman–Crippen LogP) is 2.83. The van der Waals surface area contributed by atoms with Gasteiger partial charge in [-0.25, -0.2) is 9.78 Å². The molecule has 3 atom stereocenters. The van der Waals surface area contributed by atoms with Gasteiger partial charge in [-0.1, -0.05) is 6.07 Å². The Bertz CT molecular complexity index is 580. The van der Waals surface area contributed by atoms with Crippen LogP contribution in [0.4, 0.5) is 23.8 Å². The van der Waals surface area contributed by atoms with E-state index in [0.29, 0.717) is 43.2 Å². The van der Waals surface area contributed by atoms with Gasteiger partial charge in [-0.2, -0.15) is 13.2 Å². The maximum atomic E-state index is 12.8. The maximum Gasteiger partial charge on any atom is 0.433 e. The topological polar surface area (TPSA) is 65.5 Å². The van der Waals surface area contributed by atoms with Crippen molar-refractivity contribution in [1.82, 2.24) is 10.3 Å². The molecular weight excluding hydrogens is 311 g/mol. The molecule has 23 heavy (non-hydrogen) atoms. The summed E-state index contributed by atoms with van der Waals surface area (Å²) in [5.74, 6) is 1.48. The minimum Gasteiger partial charge on any atom is -0.465 e. The largest absolute Gasteiger partial charge is 0.465 e. The predicted molar refractivity (Wildman–Crippen MR) is 77.2 cm³/mol. The van der Waals surface area contributed by atoms with E-state index >= 15 is 0 Å². The smallest absolute Gasteiger partial charge is 0.433 e. The van der Waals surface area contributed by atoms with Gasteiger partial charge >= 0.3 is 12.3 Å². The Morgan fingerprint density at radius 1 is 1.30 bits per heavy atom. The van der Waals surface area contributed by atoms with Crippen molar-refractivity contribution in [2.75, 3.05) is 24.5 Å². The van der Waals surface area contributed by atoms with Crippen LogP contribution in [0.5, 0.6) is 0 Å². The minimum absolute atomic E-state index is 0.317. The molecule has 1 saturated heterocycles. The summed E-state index contributed by atoms with van der Waals surface area (Å²) < 4.78 is 38.3. The molecule has 0 unspecified atom stereocenters. The number of halogens is 3. The molecule has 2 heterocycles. The van der Waals surface area contributed by atoms with E-state index in [9.17, 15) is 18.0 Å². The van der Waals surface area contributed by atoms with E-state index in [-0.39, 0.29) is 0 Å². The van der Waals surface area contributed by atoms with Gasteiger partial charge in [0.25, 0.3) is 0 Å². The number of carbonyl (C=O) groups is 1. The second-order valence-electron chi connectivity index (χ2n) is 6.33. The zero-order chi connectivity index (χ0) is 16.6. The summed E-state index contributed by atoms with van der Waals surface area (Å²) in [6.07, 6.45) is -3.64. The molecule has 3 rings (SSSR count). The number of fused-ring (bicyclic) bond motifs is 1. The number of alkyl halides is 3. The molecule has 2 fully saturated rings. The SMILES string of the molecule is O=C(O)NC[C@@H]1C[C@@H]2CN(c3cccc(C(F)(F)F)n3)C[C@@H]2C1. The average Bonchev–Trinajstić information content (AvgIpc) is 3.02. The molecule has 0 radical (unpaired) electrons. The van der Waals surface area contributed by atoms with Crippen LogP contribution in [0, 0.1) is 17.8 Å². The van der Waals surface area contributed by atoms with Crippen molar-refractivity contribution in [3.63, 3.8) is 0 Å². The standard InChI is InChI=1S/C15H18F3N3O2/c16-15(17,18)12-2-1-3-13(20-12)21-7-10-4-9(5-11(10)8-21)6-19-14(22)23/h1-3,9-11,19H,4-8H2,(H,22,23)/t9-,10-,11+. The third kappa shape index (κ3) is 3.51. The number of aromatic nitrogens is 1. The number of rotatable bonds is 3. The fourth-order valence-electron chi connectivity index (χ4n) is 3.77. The van der Waals surface area contributed by atoms with Crippen molar-refractivity contribution in [3.8, 4) is 0 Å². The lowest BCUT2D eigenvalue weighted by Gasteiger charge is -2.21. The third-order valence-electron chi connectivity index (χ3n) is 4.74. The van der Waals surface area contributed by atoms with Crippen molar-refractivity contribution in [3.05, 3.63) is 23.9 Å². The van der Waals surface area contributed by atoms with Crippen molar-refractivity contribution in [1.29, 1.82) is 0 Å². The molecule has 0 aromatic carbocycles. The molecule has 2 N–H and O–H groups in total. The van der Waals surface area contributed by atoms with Crippen LogP contribution in [-0.4, -0.2) is 35.8 Å². The molecule has 1 aliphatic carbocycles. The van der Waals surface area contributed by atoms with E-state index in [0.717, 1.165) is 18.9 Å². The molecular formula is C15H18F3N3O2. The van der Waals surface area contributed by atoms with Crippen LogP contribution in [0.25, 0.3) is 0 Å². The number of pyridine rings is 1.